The van der Waals surface area contributed by atoms with Gasteiger partial charge in [0, 0.05) is 19.2 Å². The normalized spacial score (nSPS) is 21.5. The molecule has 0 spiro atoms. The third-order valence-electron chi connectivity index (χ3n) is 3.83. The molecule has 23 heavy (non-hydrogen) atoms. The third-order valence-corrected chi connectivity index (χ3v) is 4.94. The number of rotatable bonds is 7. The number of ether oxygens (including phenoxy) is 2. The second kappa shape index (κ2) is 7.31. The average Bonchev–Trinajstić information content (AvgIpc) is 2.82. The van der Waals surface area contributed by atoms with Crippen LogP contribution in [0.1, 0.15) is 19.8 Å². The summed E-state index contributed by atoms with van der Waals surface area (Å²) in [6, 6.07) is 6.28. The summed E-state index contributed by atoms with van der Waals surface area (Å²) in [6.07, 6.45) is 2.59. The molecular weight excluding hydrogens is 318 g/mol. The van der Waals surface area contributed by atoms with E-state index in [1.807, 2.05) is 18.9 Å². The largest absolute Gasteiger partial charge is 0.494 e. The predicted molar refractivity (Wildman–Crippen MR) is 86.3 cm³/mol. The maximum Gasteiger partial charge on any atom is 0.323 e. The van der Waals surface area contributed by atoms with Crippen molar-refractivity contribution >= 4 is 15.8 Å². The number of carbonyl (C=O) groups is 1. The predicted octanol–water partition coefficient (Wildman–Crippen LogP) is 1.49. The van der Waals surface area contributed by atoms with Crippen molar-refractivity contribution in [3.05, 3.63) is 24.3 Å². The van der Waals surface area contributed by atoms with Crippen LogP contribution in [0.2, 0.25) is 0 Å². The first kappa shape index (κ1) is 17.7. The van der Waals surface area contributed by atoms with Crippen LogP contribution in [0.25, 0.3) is 0 Å². The van der Waals surface area contributed by atoms with Crippen molar-refractivity contribution in [1.29, 1.82) is 0 Å². The Morgan fingerprint density at radius 3 is 2.74 bits per heavy atom. The molecule has 1 saturated heterocycles. The van der Waals surface area contributed by atoms with Crippen molar-refractivity contribution in [2.75, 3.05) is 26.5 Å². The summed E-state index contributed by atoms with van der Waals surface area (Å²) in [5, 5.41) is 0. The number of cyclic esters (lactones) is 1. The zero-order chi connectivity index (χ0) is 17.0. The van der Waals surface area contributed by atoms with Crippen LogP contribution >= 0.6 is 0 Å². The van der Waals surface area contributed by atoms with Crippen LogP contribution in [0.15, 0.2) is 29.2 Å². The number of nitrogens with zero attached hydrogens (tertiary/aromatic N) is 1. The van der Waals surface area contributed by atoms with E-state index in [0.717, 1.165) is 6.42 Å². The smallest absolute Gasteiger partial charge is 0.323 e. The topological polar surface area (TPSA) is 72.9 Å². The molecule has 0 saturated carbocycles. The van der Waals surface area contributed by atoms with Crippen LogP contribution in [0, 0.1) is 0 Å². The standard InChI is InChI=1S/C16H23NO5S/c1-12-10-15(16(18)22-12)17(2)8-5-9-21-13-6-4-7-14(11-13)23(3,19)20/h4,6-7,11-12,15H,5,8-10H2,1-3H3/t12-,15+/m0/s1. The molecule has 1 aliphatic heterocycles. The van der Waals surface area contributed by atoms with Crippen molar-refractivity contribution in [2.45, 2.75) is 36.8 Å². The minimum atomic E-state index is -3.23. The second-order valence-corrected chi connectivity index (χ2v) is 7.94. The number of likely N-dealkylation sites (N-methyl/N-ethyl adjacent to an activating group) is 1. The van der Waals surface area contributed by atoms with Crippen LogP contribution in [0.3, 0.4) is 0 Å². The SMILES string of the molecule is C[C@H]1C[C@@H](N(C)CCCOc2cccc(S(C)(=O)=O)c2)C(=O)O1. The summed E-state index contributed by atoms with van der Waals surface area (Å²) in [4.78, 5) is 13.9. The molecule has 1 fully saturated rings. The Kier molecular flexibility index (Phi) is 5.64. The van der Waals surface area contributed by atoms with Crippen molar-refractivity contribution in [3.63, 3.8) is 0 Å². The molecule has 0 aliphatic carbocycles. The van der Waals surface area contributed by atoms with Gasteiger partial charge in [0.25, 0.3) is 0 Å². The van der Waals surface area contributed by atoms with E-state index in [1.165, 1.54) is 12.3 Å². The van der Waals surface area contributed by atoms with Gasteiger partial charge in [0.05, 0.1) is 11.5 Å². The lowest BCUT2D eigenvalue weighted by atomic mass is 10.1. The number of carbonyl (C=O) groups excluding carboxylic acids is 1. The molecule has 1 heterocycles. The fraction of sp³-hybridized carbons (Fsp3) is 0.562. The third kappa shape index (κ3) is 4.94. The first-order valence-corrected chi connectivity index (χ1v) is 9.50. The van der Waals surface area contributed by atoms with Crippen LogP contribution in [-0.4, -0.2) is 57.9 Å². The van der Waals surface area contributed by atoms with Gasteiger partial charge < -0.3 is 9.47 Å². The van der Waals surface area contributed by atoms with Crippen LogP contribution < -0.4 is 4.74 Å². The summed E-state index contributed by atoms with van der Waals surface area (Å²) in [6.45, 7) is 3.05. The van der Waals surface area contributed by atoms with Gasteiger partial charge in [-0.25, -0.2) is 8.42 Å². The second-order valence-electron chi connectivity index (χ2n) is 5.93. The molecule has 0 aromatic heterocycles. The van der Waals surface area contributed by atoms with Gasteiger partial charge in [0.2, 0.25) is 0 Å². The highest BCUT2D eigenvalue weighted by atomic mass is 32.2. The Bertz CT molecular complexity index is 658. The number of sulfone groups is 1. The first-order valence-electron chi connectivity index (χ1n) is 7.61. The molecule has 2 rings (SSSR count). The van der Waals surface area contributed by atoms with E-state index in [0.29, 0.717) is 25.3 Å². The van der Waals surface area contributed by atoms with E-state index in [4.69, 9.17) is 9.47 Å². The van der Waals surface area contributed by atoms with Gasteiger partial charge in [-0.05, 0) is 38.6 Å². The lowest BCUT2D eigenvalue weighted by molar-refractivity contribution is -0.144. The fourth-order valence-electron chi connectivity index (χ4n) is 2.55. The minimum Gasteiger partial charge on any atom is -0.494 e. The van der Waals surface area contributed by atoms with Crippen molar-refractivity contribution in [2.24, 2.45) is 0 Å². The number of benzene rings is 1. The molecule has 128 valence electrons. The van der Waals surface area contributed by atoms with Gasteiger partial charge in [-0.15, -0.1) is 0 Å². The highest BCUT2D eigenvalue weighted by molar-refractivity contribution is 7.90. The van der Waals surface area contributed by atoms with Gasteiger partial charge >= 0.3 is 5.97 Å². The Hall–Kier alpha value is -1.60. The molecule has 0 radical (unpaired) electrons. The number of hydrogen-bond donors (Lipinski definition) is 0. The first-order chi connectivity index (χ1) is 10.8. The molecule has 0 bridgehead atoms. The molecular formula is C16H23NO5S. The van der Waals surface area contributed by atoms with Gasteiger partial charge in [-0.3, -0.25) is 9.69 Å². The van der Waals surface area contributed by atoms with E-state index >= 15 is 0 Å². The van der Waals surface area contributed by atoms with Gasteiger partial charge in [-0.2, -0.15) is 0 Å². The molecule has 0 N–H and O–H groups in total. The van der Waals surface area contributed by atoms with Crippen molar-refractivity contribution in [3.8, 4) is 5.75 Å². The number of esters is 1. The zero-order valence-corrected chi connectivity index (χ0v) is 14.5. The van der Waals surface area contributed by atoms with Crippen molar-refractivity contribution < 1.29 is 22.7 Å². The Balaban J connectivity index is 1.78. The Morgan fingerprint density at radius 1 is 1.39 bits per heavy atom. The average molecular weight is 341 g/mol. The van der Waals surface area contributed by atoms with Gasteiger partial charge in [-0.1, -0.05) is 6.07 Å². The van der Waals surface area contributed by atoms with E-state index < -0.39 is 9.84 Å². The summed E-state index contributed by atoms with van der Waals surface area (Å²) >= 11 is 0. The lowest BCUT2D eigenvalue weighted by Gasteiger charge is -2.20. The Morgan fingerprint density at radius 2 is 2.13 bits per heavy atom. The molecule has 0 amide bonds. The summed E-state index contributed by atoms with van der Waals surface area (Å²) in [5.41, 5.74) is 0. The molecule has 1 aromatic carbocycles. The Labute approximate surface area is 137 Å². The highest BCUT2D eigenvalue weighted by Crippen LogP contribution is 2.20. The molecule has 0 unspecified atom stereocenters. The van der Waals surface area contributed by atoms with Crippen LogP contribution in [0.4, 0.5) is 0 Å². The van der Waals surface area contributed by atoms with E-state index in [-0.39, 0.29) is 23.0 Å². The summed E-state index contributed by atoms with van der Waals surface area (Å²) < 4.78 is 33.7. The lowest BCUT2D eigenvalue weighted by Crippen LogP contribution is -2.36. The van der Waals surface area contributed by atoms with E-state index in [1.54, 1.807) is 18.2 Å². The van der Waals surface area contributed by atoms with E-state index in [2.05, 4.69) is 0 Å². The molecule has 7 heteroatoms. The monoisotopic (exact) mass is 341 g/mol. The fourth-order valence-corrected chi connectivity index (χ4v) is 3.21. The molecule has 6 nitrogen and oxygen atoms in total. The highest BCUT2D eigenvalue weighted by Gasteiger charge is 2.34. The molecule has 1 aliphatic rings. The zero-order valence-electron chi connectivity index (χ0n) is 13.7. The van der Waals surface area contributed by atoms with Gasteiger partial charge in [0.15, 0.2) is 9.84 Å². The summed E-state index contributed by atoms with van der Waals surface area (Å²) in [5.74, 6) is 0.367. The van der Waals surface area contributed by atoms with Crippen LogP contribution in [0.5, 0.6) is 5.75 Å². The summed E-state index contributed by atoms with van der Waals surface area (Å²) in [7, 11) is -1.33. The minimum absolute atomic E-state index is 0.0232. The quantitative estimate of drug-likeness (QED) is 0.553. The van der Waals surface area contributed by atoms with Gasteiger partial charge in [0.1, 0.15) is 17.9 Å². The molecule has 2 atom stereocenters. The maximum absolute atomic E-state index is 11.7. The number of hydrogen-bond acceptors (Lipinski definition) is 6. The van der Waals surface area contributed by atoms with Crippen LogP contribution in [-0.2, 0) is 19.4 Å². The maximum atomic E-state index is 11.7. The molecule has 1 aromatic rings. The van der Waals surface area contributed by atoms with Crippen molar-refractivity contribution in [1.82, 2.24) is 4.90 Å². The van der Waals surface area contributed by atoms with E-state index in [9.17, 15) is 13.2 Å².